The lowest BCUT2D eigenvalue weighted by molar-refractivity contribution is 0.0511. The summed E-state index contributed by atoms with van der Waals surface area (Å²) in [7, 11) is 1.89. The molecule has 4 rings (SSSR count). The van der Waals surface area contributed by atoms with E-state index in [4.69, 9.17) is 4.74 Å². The first-order valence-electron chi connectivity index (χ1n) is 10.9. The molecule has 2 aliphatic heterocycles. The monoisotopic (exact) mass is 515 g/mol. The van der Waals surface area contributed by atoms with E-state index in [2.05, 4.69) is 15.2 Å². The fraction of sp³-hybridized carbons (Fsp3) is 0.696. The Morgan fingerprint density at radius 2 is 1.76 bits per heavy atom. The van der Waals surface area contributed by atoms with Crippen LogP contribution in [-0.2, 0) is 10.2 Å². The van der Waals surface area contributed by atoms with Crippen molar-refractivity contribution in [3.05, 3.63) is 35.6 Å². The molecule has 1 saturated carbocycles. The van der Waals surface area contributed by atoms with Crippen LogP contribution in [0.15, 0.2) is 29.3 Å². The van der Waals surface area contributed by atoms with E-state index in [0.29, 0.717) is 5.41 Å². The molecule has 0 atom stereocenters. The van der Waals surface area contributed by atoms with Gasteiger partial charge in [0.15, 0.2) is 5.96 Å². The van der Waals surface area contributed by atoms with Crippen molar-refractivity contribution in [1.29, 1.82) is 0 Å². The van der Waals surface area contributed by atoms with Gasteiger partial charge in [-0.3, -0.25) is 4.99 Å². The Hall–Kier alpha value is -0.890. The van der Waals surface area contributed by atoms with E-state index in [0.717, 1.165) is 51.6 Å². The summed E-state index contributed by atoms with van der Waals surface area (Å²) in [5.41, 5.74) is 1.69. The summed E-state index contributed by atoms with van der Waals surface area (Å²) in [5.74, 6) is 0.847. The average molecular weight is 515 g/mol. The van der Waals surface area contributed by atoms with Crippen molar-refractivity contribution in [2.24, 2.45) is 10.4 Å². The van der Waals surface area contributed by atoms with Gasteiger partial charge in [0, 0.05) is 45.3 Å². The molecule has 3 fully saturated rings. The maximum Gasteiger partial charge on any atom is 0.193 e. The molecule has 0 aromatic heterocycles. The SMILES string of the molecule is CN=C(NCC1(c2ccc(F)cc2)CCOCC1)N1CCC2(CCCCC2)C1.I. The predicted molar refractivity (Wildman–Crippen MR) is 127 cm³/mol. The predicted octanol–water partition coefficient (Wildman–Crippen LogP) is 4.72. The highest BCUT2D eigenvalue weighted by molar-refractivity contribution is 14.0. The number of guanidine groups is 1. The van der Waals surface area contributed by atoms with E-state index < -0.39 is 0 Å². The van der Waals surface area contributed by atoms with Crippen molar-refractivity contribution in [1.82, 2.24) is 10.2 Å². The van der Waals surface area contributed by atoms with E-state index in [1.165, 1.54) is 44.1 Å². The lowest BCUT2D eigenvalue weighted by Crippen LogP contribution is -2.49. The minimum atomic E-state index is -0.176. The van der Waals surface area contributed by atoms with Crippen LogP contribution >= 0.6 is 24.0 Å². The first-order valence-corrected chi connectivity index (χ1v) is 10.9. The maximum atomic E-state index is 13.5. The van der Waals surface area contributed by atoms with Crippen molar-refractivity contribution in [2.45, 2.75) is 56.8 Å². The minimum Gasteiger partial charge on any atom is -0.381 e. The summed E-state index contributed by atoms with van der Waals surface area (Å²) in [6.07, 6.45) is 10.1. The summed E-state index contributed by atoms with van der Waals surface area (Å²) < 4.78 is 19.1. The average Bonchev–Trinajstić information content (AvgIpc) is 3.13. The molecule has 4 nitrogen and oxygen atoms in total. The van der Waals surface area contributed by atoms with Crippen LogP contribution in [0.25, 0.3) is 0 Å². The van der Waals surface area contributed by atoms with E-state index in [9.17, 15) is 4.39 Å². The van der Waals surface area contributed by atoms with Crippen molar-refractivity contribution in [3.63, 3.8) is 0 Å². The van der Waals surface area contributed by atoms with Gasteiger partial charge in [-0.05, 0) is 55.2 Å². The Labute approximate surface area is 191 Å². The molecule has 1 spiro atoms. The number of halogens is 2. The standard InChI is InChI=1S/C23H34FN3O.HI/c1-25-21(27-14-11-22(18-27)9-3-2-4-10-22)26-17-23(12-15-28-16-13-23)19-5-7-20(24)8-6-19;/h5-8H,2-4,9-18H2,1H3,(H,25,26);1H. The van der Waals surface area contributed by atoms with Crippen LogP contribution < -0.4 is 5.32 Å². The fourth-order valence-electron chi connectivity index (χ4n) is 5.54. The third-order valence-corrected chi connectivity index (χ3v) is 7.36. The summed E-state index contributed by atoms with van der Waals surface area (Å²) >= 11 is 0. The van der Waals surface area contributed by atoms with Gasteiger partial charge in [0.25, 0.3) is 0 Å². The number of nitrogens with zero attached hydrogens (tertiary/aromatic N) is 2. The van der Waals surface area contributed by atoms with Gasteiger partial charge < -0.3 is 15.0 Å². The molecule has 2 heterocycles. The van der Waals surface area contributed by atoms with Crippen LogP contribution in [0.3, 0.4) is 0 Å². The Morgan fingerprint density at radius 3 is 2.41 bits per heavy atom. The summed E-state index contributed by atoms with van der Waals surface area (Å²) in [4.78, 5) is 7.07. The smallest absolute Gasteiger partial charge is 0.193 e. The van der Waals surface area contributed by atoms with Crippen LogP contribution in [0, 0.1) is 11.2 Å². The first kappa shape index (κ1) is 22.8. The quantitative estimate of drug-likeness (QED) is 0.360. The molecular formula is C23H35FIN3O. The van der Waals surface area contributed by atoms with Crippen molar-refractivity contribution >= 4 is 29.9 Å². The number of nitrogens with one attached hydrogen (secondary N) is 1. The zero-order valence-electron chi connectivity index (χ0n) is 17.6. The van der Waals surface area contributed by atoms with Crippen LogP contribution in [0.4, 0.5) is 4.39 Å². The molecule has 1 aromatic carbocycles. The van der Waals surface area contributed by atoms with Crippen molar-refractivity contribution in [3.8, 4) is 0 Å². The summed E-state index contributed by atoms with van der Waals surface area (Å²) in [6, 6.07) is 7.04. The molecule has 0 radical (unpaired) electrons. The Kier molecular flexibility index (Phi) is 7.81. The lowest BCUT2D eigenvalue weighted by Gasteiger charge is -2.39. The third kappa shape index (κ3) is 5.06. The van der Waals surface area contributed by atoms with Gasteiger partial charge in [-0.1, -0.05) is 31.4 Å². The normalized spacial score (nSPS) is 23.7. The molecule has 0 bridgehead atoms. The second-order valence-electron chi connectivity index (χ2n) is 9.03. The van der Waals surface area contributed by atoms with Gasteiger partial charge >= 0.3 is 0 Å². The molecular weight excluding hydrogens is 480 g/mol. The van der Waals surface area contributed by atoms with Crippen LogP contribution in [0.1, 0.15) is 56.9 Å². The summed E-state index contributed by atoms with van der Waals surface area (Å²) in [5, 5.41) is 3.68. The highest BCUT2D eigenvalue weighted by Gasteiger charge is 2.40. The highest BCUT2D eigenvalue weighted by atomic mass is 127. The number of hydrogen-bond donors (Lipinski definition) is 1. The molecule has 1 N–H and O–H groups in total. The van der Waals surface area contributed by atoms with Gasteiger partial charge in [0.2, 0.25) is 0 Å². The zero-order chi connectivity index (χ0) is 19.5. The van der Waals surface area contributed by atoms with E-state index in [1.54, 1.807) is 12.1 Å². The van der Waals surface area contributed by atoms with E-state index in [-0.39, 0.29) is 35.2 Å². The Morgan fingerprint density at radius 1 is 1.07 bits per heavy atom. The molecule has 6 heteroatoms. The molecule has 2 saturated heterocycles. The van der Waals surface area contributed by atoms with Crippen LogP contribution in [0.5, 0.6) is 0 Å². The van der Waals surface area contributed by atoms with Crippen LogP contribution in [0.2, 0.25) is 0 Å². The van der Waals surface area contributed by atoms with Crippen LogP contribution in [-0.4, -0.2) is 50.8 Å². The van der Waals surface area contributed by atoms with Gasteiger partial charge in [-0.15, -0.1) is 24.0 Å². The molecule has 1 aliphatic carbocycles. The number of likely N-dealkylation sites (tertiary alicyclic amines) is 1. The number of benzene rings is 1. The maximum absolute atomic E-state index is 13.5. The topological polar surface area (TPSA) is 36.9 Å². The molecule has 0 unspecified atom stereocenters. The lowest BCUT2D eigenvalue weighted by atomic mass is 9.73. The van der Waals surface area contributed by atoms with Crippen molar-refractivity contribution in [2.75, 3.05) is 39.9 Å². The number of hydrogen-bond acceptors (Lipinski definition) is 2. The van der Waals surface area contributed by atoms with Gasteiger partial charge in [0.05, 0.1) is 0 Å². The zero-order valence-corrected chi connectivity index (χ0v) is 19.9. The first-order chi connectivity index (χ1) is 13.6. The Balaban J connectivity index is 0.00000240. The van der Waals surface area contributed by atoms with Gasteiger partial charge in [-0.25, -0.2) is 4.39 Å². The van der Waals surface area contributed by atoms with Crippen molar-refractivity contribution < 1.29 is 9.13 Å². The van der Waals surface area contributed by atoms with E-state index in [1.807, 2.05) is 19.2 Å². The van der Waals surface area contributed by atoms with Gasteiger partial charge in [-0.2, -0.15) is 0 Å². The Bertz CT molecular complexity index is 682. The number of rotatable bonds is 3. The molecule has 3 aliphatic rings. The second-order valence-corrected chi connectivity index (χ2v) is 9.03. The largest absolute Gasteiger partial charge is 0.381 e. The molecule has 29 heavy (non-hydrogen) atoms. The number of ether oxygens (including phenoxy) is 1. The third-order valence-electron chi connectivity index (χ3n) is 7.36. The summed E-state index contributed by atoms with van der Waals surface area (Å²) in [6.45, 7) is 4.57. The molecule has 162 valence electrons. The molecule has 1 aromatic rings. The van der Waals surface area contributed by atoms with E-state index >= 15 is 0 Å². The fourth-order valence-corrected chi connectivity index (χ4v) is 5.54. The van der Waals surface area contributed by atoms with Gasteiger partial charge in [0.1, 0.15) is 5.82 Å². The molecule has 0 amide bonds. The second kappa shape index (κ2) is 9.94. The number of aliphatic imine (C=N–C) groups is 1. The highest BCUT2D eigenvalue weighted by Crippen LogP contribution is 2.43. The minimum absolute atomic E-state index is 0.